The van der Waals surface area contributed by atoms with E-state index in [4.69, 9.17) is 21.1 Å². The lowest BCUT2D eigenvalue weighted by Gasteiger charge is -2.26. The minimum Gasteiger partial charge on any atom is -0.493 e. The standard InChI is InChI=1S/C26H20ClFN2O5/c1-15-3-9-19(13-21(15)27)30-25(32)20(24(31)29-26(30)33)11-17-6-10-22(23(12-17)34-2)35-14-16-4-7-18(28)8-5-16/h3-13H,14H2,1-2H3,(H,29,31,33)/b20-11-. The number of halogens is 2. The highest BCUT2D eigenvalue weighted by molar-refractivity contribution is 6.39. The average Bonchev–Trinajstić information content (AvgIpc) is 2.83. The summed E-state index contributed by atoms with van der Waals surface area (Å²) in [5.41, 5.74) is 2.03. The average molecular weight is 495 g/mol. The second kappa shape index (κ2) is 9.99. The van der Waals surface area contributed by atoms with Crippen LogP contribution in [0.15, 0.2) is 66.2 Å². The Morgan fingerprint density at radius 3 is 2.43 bits per heavy atom. The number of nitrogens with zero attached hydrogens (tertiary/aromatic N) is 1. The van der Waals surface area contributed by atoms with E-state index in [2.05, 4.69) is 5.32 Å². The summed E-state index contributed by atoms with van der Waals surface area (Å²) in [6, 6.07) is 14.6. The van der Waals surface area contributed by atoms with Crippen LogP contribution in [0.4, 0.5) is 14.9 Å². The van der Waals surface area contributed by atoms with Crippen molar-refractivity contribution in [2.45, 2.75) is 13.5 Å². The molecule has 1 N–H and O–H groups in total. The van der Waals surface area contributed by atoms with E-state index in [1.165, 1.54) is 31.4 Å². The van der Waals surface area contributed by atoms with Gasteiger partial charge in [0.05, 0.1) is 12.8 Å². The van der Waals surface area contributed by atoms with E-state index in [1.807, 2.05) is 0 Å². The lowest BCUT2D eigenvalue weighted by Crippen LogP contribution is -2.54. The number of ether oxygens (including phenoxy) is 2. The molecular weight excluding hydrogens is 475 g/mol. The van der Waals surface area contributed by atoms with Crippen LogP contribution in [-0.2, 0) is 16.2 Å². The van der Waals surface area contributed by atoms with Crippen molar-refractivity contribution in [3.8, 4) is 11.5 Å². The topological polar surface area (TPSA) is 84.9 Å². The number of hydrogen-bond acceptors (Lipinski definition) is 5. The monoisotopic (exact) mass is 494 g/mol. The molecule has 0 atom stereocenters. The molecule has 178 valence electrons. The Kier molecular flexibility index (Phi) is 6.84. The van der Waals surface area contributed by atoms with Crippen LogP contribution in [0, 0.1) is 12.7 Å². The zero-order valence-electron chi connectivity index (χ0n) is 18.8. The van der Waals surface area contributed by atoms with Gasteiger partial charge in [0.15, 0.2) is 11.5 Å². The molecule has 3 aromatic rings. The van der Waals surface area contributed by atoms with Gasteiger partial charge in [-0.05, 0) is 66.1 Å². The molecule has 0 radical (unpaired) electrons. The van der Waals surface area contributed by atoms with Crippen LogP contribution >= 0.6 is 11.6 Å². The highest BCUT2D eigenvalue weighted by atomic mass is 35.5. The van der Waals surface area contributed by atoms with E-state index in [0.717, 1.165) is 16.0 Å². The first-order valence-corrected chi connectivity index (χ1v) is 10.9. The van der Waals surface area contributed by atoms with Gasteiger partial charge < -0.3 is 9.47 Å². The van der Waals surface area contributed by atoms with Gasteiger partial charge in [0.1, 0.15) is 18.0 Å². The summed E-state index contributed by atoms with van der Waals surface area (Å²) in [6.45, 7) is 1.98. The number of nitrogens with one attached hydrogen (secondary N) is 1. The Labute approximate surface area is 205 Å². The van der Waals surface area contributed by atoms with E-state index in [-0.39, 0.29) is 23.7 Å². The number of imide groups is 2. The first kappa shape index (κ1) is 24.0. The van der Waals surface area contributed by atoms with E-state index >= 15 is 0 Å². The number of urea groups is 1. The molecule has 9 heteroatoms. The molecule has 1 aliphatic rings. The van der Waals surface area contributed by atoms with E-state index in [0.29, 0.717) is 22.1 Å². The fourth-order valence-electron chi connectivity index (χ4n) is 3.41. The summed E-state index contributed by atoms with van der Waals surface area (Å²) in [6.07, 6.45) is 1.36. The predicted molar refractivity (Wildman–Crippen MR) is 129 cm³/mol. The van der Waals surface area contributed by atoms with E-state index in [1.54, 1.807) is 49.4 Å². The van der Waals surface area contributed by atoms with Crippen molar-refractivity contribution in [2.75, 3.05) is 12.0 Å². The molecule has 1 heterocycles. The molecule has 0 spiro atoms. The molecule has 1 fully saturated rings. The third kappa shape index (κ3) is 5.17. The number of hydrogen-bond donors (Lipinski definition) is 1. The lowest BCUT2D eigenvalue weighted by atomic mass is 10.1. The third-order valence-electron chi connectivity index (χ3n) is 5.32. The van der Waals surface area contributed by atoms with Crippen LogP contribution in [0.1, 0.15) is 16.7 Å². The quantitative estimate of drug-likeness (QED) is 0.383. The van der Waals surface area contributed by atoms with Gasteiger partial charge in [-0.2, -0.15) is 0 Å². The van der Waals surface area contributed by atoms with Crippen molar-refractivity contribution in [1.82, 2.24) is 5.32 Å². The van der Waals surface area contributed by atoms with Gasteiger partial charge in [0, 0.05) is 5.02 Å². The summed E-state index contributed by atoms with van der Waals surface area (Å²) < 4.78 is 24.3. The van der Waals surface area contributed by atoms with Crippen molar-refractivity contribution < 1.29 is 28.2 Å². The van der Waals surface area contributed by atoms with Crippen LogP contribution in [0.5, 0.6) is 11.5 Å². The highest BCUT2D eigenvalue weighted by Gasteiger charge is 2.37. The number of anilines is 1. The lowest BCUT2D eigenvalue weighted by molar-refractivity contribution is -0.122. The number of amides is 4. The molecule has 0 unspecified atom stereocenters. The zero-order valence-corrected chi connectivity index (χ0v) is 19.6. The first-order valence-electron chi connectivity index (χ1n) is 10.5. The van der Waals surface area contributed by atoms with Crippen molar-refractivity contribution in [1.29, 1.82) is 0 Å². The predicted octanol–water partition coefficient (Wildman–Crippen LogP) is 5.04. The molecule has 4 rings (SSSR count). The number of benzene rings is 3. The Bertz CT molecular complexity index is 1350. The number of carbonyl (C=O) groups excluding carboxylic acids is 3. The second-order valence-corrected chi connectivity index (χ2v) is 8.12. The van der Waals surface area contributed by atoms with Crippen molar-refractivity contribution in [3.05, 3.63) is 93.8 Å². The molecule has 35 heavy (non-hydrogen) atoms. The van der Waals surface area contributed by atoms with Crippen LogP contribution in [-0.4, -0.2) is 25.0 Å². The molecule has 7 nitrogen and oxygen atoms in total. The molecule has 0 aromatic heterocycles. The minimum absolute atomic E-state index is 0.189. The zero-order chi connectivity index (χ0) is 25.1. The van der Waals surface area contributed by atoms with Gasteiger partial charge in [-0.1, -0.05) is 35.9 Å². The Balaban J connectivity index is 1.59. The summed E-state index contributed by atoms with van der Waals surface area (Å²) in [7, 11) is 1.46. The molecular formula is C26H20ClFN2O5. The summed E-state index contributed by atoms with van der Waals surface area (Å²) in [5.74, 6) is -1.15. The smallest absolute Gasteiger partial charge is 0.335 e. The summed E-state index contributed by atoms with van der Waals surface area (Å²) in [4.78, 5) is 38.8. The van der Waals surface area contributed by atoms with Crippen molar-refractivity contribution >= 4 is 41.2 Å². The van der Waals surface area contributed by atoms with Crippen LogP contribution < -0.4 is 19.7 Å². The number of methoxy groups -OCH3 is 1. The summed E-state index contributed by atoms with van der Waals surface area (Å²) in [5, 5.41) is 2.56. The molecule has 0 bridgehead atoms. The Morgan fingerprint density at radius 2 is 1.74 bits per heavy atom. The van der Waals surface area contributed by atoms with Gasteiger partial charge in [-0.15, -0.1) is 0 Å². The molecule has 1 aliphatic heterocycles. The van der Waals surface area contributed by atoms with Gasteiger partial charge >= 0.3 is 6.03 Å². The maximum absolute atomic E-state index is 13.1. The van der Waals surface area contributed by atoms with Crippen LogP contribution in [0.25, 0.3) is 6.08 Å². The largest absolute Gasteiger partial charge is 0.493 e. The number of aryl methyl sites for hydroxylation is 1. The Hall–Kier alpha value is -4.17. The van der Waals surface area contributed by atoms with Crippen molar-refractivity contribution in [2.24, 2.45) is 0 Å². The maximum Gasteiger partial charge on any atom is 0.335 e. The van der Waals surface area contributed by atoms with Crippen LogP contribution in [0.3, 0.4) is 0 Å². The molecule has 1 saturated heterocycles. The highest BCUT2D eigenvalue weighted by Crippen LogP contribution is 2.31. The SMILES string of the molecule is COc1cc(/C=C2/C(=O)NC(=O)N(c3ccc(C)c(Cl)c3)C2=O)ccc1OCc1ccc(F)cc1. The van der Waals surface area contributed by atoms with Gasteiger partial charge in [-0.3, -0.25) is 14.9 Å². The fraction of sp³-hybridized carbons (Fsp3) is 0.115. The fourth-order valence-corrected chi connectivity index (χ4v) is 3.59. The molecule has 3 aromatic carbocycles. The normalized spacial score (nSPS) is 14.8. The van der Waals surface area contributed by atoms with E-state index < -0.39 is 17.8 Å². The maximum atomic E-state index is 13.1. The molecule has 0 saturated carbocycles. The molecule has 0 aliphatic carbocycles. The molecule has 4 amide bonds. The third-order valence-corrected chi connectivity index (χ3v) is 5.73. The van der Waals surface area contributed by atoms with Gasteiger partial charge in [0.25, 0.3) is 11.8 Å². The first-order chi connectivity index (χ1) is 16.8. The summed E-state index contributed by atoms with van der Waals surface area (Å²) >= 11 is 6.15. The van der Waals surface area contributed by atoms with Crippen LogP contribution in [0.2, 0.25) is 5.02 Å². The number of rotatable bonds is 6. The van der Waals surface area contributed by atoms with E-state index in [9.17, 15) is 18.8 Å². The second-order valence-electron chi connectivity index (χ2n) is 7.72. The number of carbonyl (C=O) groups is 3. The Morgan fingerprint density at radius 1 is 1.00 bits per heavy atom. The van der Waals surface area contributed by atoms with Gasteiger partial charge in [-0.25, -0.2) is 14.1 Å². The minimum atomic E-state index is -0.862. The van der Waals surface area contributed by atoms with Crippen molar-refractivity contribution in [3.63, 3.8) is 0 Å². The number of barbiturate groups is 1. The van der Waals surface area contributed by atoms with Gasteiger partial charge in [0.2, 0.25) is 0 Å².